The van der Waals surface area contributed by atoms with Gasteiger partial charge in [0, 0.05) is 32.7 Å². The van der Waals surface area contributed by atoms with Gasteiger partial charge in [-0.3, -0.25) is 19.8 Å². The molecule has 1 heterocycles. The van der Waals surface area contributed by atoms with Gasteiger partial charge in [0.1, 0.15) is 5.69 Å². The Bertz CT molecular complexity index is 1450. The number of amides is 3. The second-order valence-electron chi connectivity index (χ2n) is 7.68. The van der Waals surface area contributed by atoms with Crippen molar-refractivity contribution in [3.05, 3.63) is 98.6 Å². The van der Waals surface area contributed by atoms with E-state index in [0.29, 0.717) is 37.2 Å². The maximum Gasteiger partial charge on any atom is 0.328 e. The molecule has 0 spiro atoms. The lowest BCUT2D eigenvalue weighted by atomic mass is 10.2. The van der Waals surface area contributed by atoms with Crippen LogP contribution in [0.5, 0.6) is 0 Å². The van der Waals surface area contributed by atoms with Crippen molar-refractivity contribution in [2.45, 2.75) is 13.5 Å². The van der Waals surface area contributed by atoms with Crippen molar-refractivity contribution in [2.75, 3.05) is 10.7 Å². The Morgan fingerprint density at radius 2 is 1.57 bits per heavy atom. The van der Waals surface area contributed by atoms with Crippen LogP contribution in [0.2, 0.25) is 15.1 Å². The van der Waals surface area contributed by atoms with Crippen molar-refractivity contribution in [1.29, 1.82) is 0 Å². The van der Waals surface area contributed by atoms with Crippen LogP contribution in [0.3, 0.4) is 0 Å². The number of aromatic nitrogens is 1. The van der Waals surface area contributed by atoms with Crippen molar-refractivity contribution in [1.82, 2.24) is 9.99 Å². The molecule has 0 atom stereocenters. The Hall–Kier alpha value is -3.52. The molecule has 0 unspecified atom stereocenters. The van der Waals surface area contributed by atoms with Gasteiger partial charge in [0.05, 0.1) is 5.52 Å². The summed E-state index contributed by atoms with van der Waals surface area (Å²) in [4.78, 5) is 38.3. The Kier molecular flexibility index (Phi) is 7.31. The summed E-state index contributed by atoms with van der Waals surface area (Å²) in [5.74, 6) is -2.32. The number of carbonyl (C=O) groups is 3. The van der Waals surface area contributed by atoms with E-state index in [2.05, 4.69) is 16.1 Å². The van der Waals surface area contributed by atoms with E-state index < -0.39 is 17.7 Å². The smallest absolute Gasteiger partial charge is 0.328 e. The quantitative estimate of drug-likeness (QED) is 0.296. The molecular formula is C25H19Cl3N4O3. The zero-order valence-corrected chi connectivity index (χ0v) is 20.6. The fourth-order valence-corrected chi connectivity index (χ4v) is 3.90. The molecule has 0 aliphatic rings. The highest BCUT2D eigenvalue weighted by Crippen LogP contribution is 2.26. The lowest BCUT2D eigenvalue weighted by molar-refractivity contribution is -0.136. The van der Waals surface area contributed by atoms with E-state index >= 15 is 0 Å². The number of halogens is 3. The molecule has 0 fully saturated rings. The average molecular weight is 530 g/mol. The minimum absolute atomic E-state index is 0.0977. The van der Waals surface area contributed by atoms with Crippen LogP contribution >= 0.6 is 34.8 Å². The fraction of sp³-hybridized carbons (Fsp3) is 0.0800. The van der Waals surface area contributed by atoms with Gasteiger partial charge in [0.25, 0.3) is 5.91 Å². The number of benzene rings is 3. The van der Waals surface area contributed by atoms with Crippen molar-refractivity contribution >= 4 is 69.1 Å². The van der Waals surface area contributed by atoms with Gasteiger partial charge in [-0.05, 0) is 66.6 Å². The highest BCUT2D eigenvalue weighted by molar-refractivity contribution is 6.38. The van der Waals surface area contributed by atoms with Gasteiger partial charge in [-0.25, -0.2) is 4.68 Å². The Labute approximate surface area is 215 Å². The van der Waals surface area contributed by atoms with Gasteiger partial charge < -0.3 is 10.6 Å². The summed E-state index contributed by atoms with van der Waals surface area (Å²) in [5, 5.41) is 7.47. The molecular weight excluding hydrogens is 511 g/mol. The molecule has 7 nitrogen and oxygen atoms in total. The third kappa shape index (κ3) is 5.59. The molecule has 1 aromatic heterocycles. The van der Waals surface area contributed by atoms with Crippen LogP contribution in [0.25, 0.3) is 10.9 Å². The normalized spacial score (nSPS) is 10.7. The first kappa shape index (κ1) is 24.6. The first-order chi connectivity index (χ1) is 16.7. The maximum atomic E-state index is 13.2. The van der Waals surface area contributed by atoms with Crippen LogP contribution in [-0.4, -0.2) is 22.4 Å². The van der Waals surface area contributed by atoms with Crippen LogP contribution in [0.1, 0.15) is 21.6 Å². The van der Waals surface area contributed by atoms with E-state index in [0.717, 1.165) is 5.56 Å². The molecule has 0 saturated carbocycles. The minimum Gasteiger partial charge on any atom is -0.344 e. The van der Waals surface area contributed by atoms with E-state index in [-0.39, 0.29) is 12.2 Å². The minimum atomic E-state index is -0.945. The SMILES string of the molecule is Cc1c(Cl)cccc1NC(=O)c1cc2cc(Cl)ccc2n1NC(=O)C(=O)NCc1ccc(Cl)cc1. The van der Waals surface area contributed by atoms with E-state index in [9.17, 15) is 14.4 Å². The molecule has 0 aliphatic carbocycles. The molecule has 0 bridgehead atoms. The summed E-state index contributed by atoms with van der Waals surface area (Å²) in [6, 6.07) is 18.5. The largest absolute Gasteiger partial charge is 0.344 e. The van der Waals surface area contributed by atoms with Gasteiger partial charge in [-0.15, -0.1) is 0 Å². The first-order valence-electron chi connectivity index (χ1n) is 10.4. The number of rotatable bonds is 5. The first-order valence-corrected chi connectivity index (χ1v) is 11.6. The van der Waals surface area contributed by atoms with Gasteiger partial charge >= 0.3 is 11.8 Å². The second kappa shape index (κ2) is 10.4. The molecule has 0 saturated heterocycles. The van der Waals surface area contributed by atoms with Gasteiger partial charge in [-0.1, -0.05) is 53.0 Å². The zero-order chi connectivity index (χ0) is 25.1. The monoisotopic (exact) mass is 528 g/mol. The number of fused-ring (bicyclic) bond motifs is 1. The number of anilines is 1. The zero-order valence-electron chi connectivity index (χ0n) is 18.4. The summed E-state index contributed by atoms with van der Waals surface area (Å²) < 4.78 is 1.26. The lowest BCUT2D eigenvalue weighted by Crippen LogP contribution is -2.39. The number of nitrogens with zero attached hydrogens (tertiary/aromatic N) is 1. The molecule has 0 radical (unpaired) electrons. The van der Waals surface area contributed by atoms with Gasteiger partial charge in [-0.2, -0.15) is 0 Å². The Balaban J connectivity index is 1.58. The average Bonchev–Trinajstić information content (AvgIpc) is 3.18. The van der Waals surface area contributed by atoms with Crippen LogP contribution in [0.15, 0.2) is 66.7 Å². The summed E-state index contributed by atoms with van der Waals surface area (Å²) in [5.41, 5.74) is 5.07. The molecule has 3 N–H and O–H groups in total. The highest BCUT2D eigenvalue weighted by Gasteiger charge is 2.21. The molecule has 10 heteroatoms. The Morgan fingerprint density at radius 3 is 2.31 bits per heavy atom. The molecule has 3 aromatic carbocycles. The summed E-state index contributed by atoms with van der Waals surface area (Å²) in [6.45, 7) is 1.91. The lowest BCUT2D eigenvalue weighted by Gasteiger charge is -2.14. The van der Waals surface area contributed by atoms with E-state index in [1.54, 1.807) is 73.7 Å². The maximum absolute atomic E-state index is 13.2. The van der Waals surface area contributed by atoms with Crippen molar-refractivity contribution in [3.8, 4) is 0 Å². The third-order valence-electron chi connectivity index (χ3n) is 5.30. The number of hydrogen-bond donors (Lipinski definition) is 3. The van der Waals surface area contributed by atoms with E-state index in [4.69, 9.17) is 34.8 Å². The highest BCUT2D eigenvalue weighted by atomic mass is 35.5. The molecule has 0 aliphatic heterocycles. The molecule has 3 amide bonds. The standard InChI is InChI=1S/C25H19Cl3N4O3/c1-14-19(28)3-2-4-20(14)30-23(33)22-12-16-11-18(27)9-10-21(16)32(22)31-25(35)24(34)29-13-15-5-7-17(26)8-6-15/h2-12H,13H2,1H3,(H,29,34)(H,30,33)(H,31,35). The van der Waals surface area contributed by atoms with Crippen LogP contribution < -0.4 is 16.1 Å². The van der Waals surface area contributed by atoms with Crippen LogP contribution in [0.4, 0.5) is 5.69 Å². The molecule has 4 aromatic rings. The Morgan fingerprint density at radius 1 is 0.857 bits per heavy atom. The van der Waals surface area contributed by atoms with Crippen LogP contribution in [0, 0.1) is 6.92 Å². The van der Waals surface area contributed by atoms with E-state index in [1.807, 2.05) is 0 Å². The van der Waals surface area contributed by atoms with Crippen molar-refractivity contribution in [3.63, 3.8) is 0 Å². The second-order valence-corrected chi connectivity index (χ2v) is 8.96. The predicted molar refractivity (Wildman–Crippen MR) is 139 cm³/mol. The number of carbonyl (C=O) groups excluding carboxylic acids is 3. The van der Waals surface area contributed by atoms with Gasteiger partial charge in [0.2, 0.25) is 0 Å². The van der Waals surface area contributed by atoms with Gasteiger partial charge in [0.15, 0.2) is 0 Å². The summed E-state index contributed by atoms with van der Waals surface area (Å²) in [7, 11) is 0. The summed E-state index contributed by atoms with van der Waals surface area (Å²) in [6.07, 6.45) is 0. The summed E-state index contributed by atoms with van der Waals surface area (Å²) >= 11 is 18.1. The number of nitrogens with one attached hydrogen (secondary N) is 3. The topological polar surface area (TPSA) is 92.2 Å². The van der Waals surface area contributed by atoms with Crippen LogP contribution in [-0.2, 0) is 16.1 Å². The molecule has 178 valence electrons. The predicted octanol–water partition coefficient (Wildman–Crippen LogP) is 5.55. The molecule has 35 heavy (non-hydrogen) atoms. The number of hydrogen-bond acceptors (Lipinski definition) is 3. The van der Waals surface area contributed by atoms with Crippen molar-refractivity contribution < 1.29 is 14.4 Å². The van der Waals surface area contributed by atoms with E-state index in [1.165, 1.54) is 4.68 Å². The fourth-order valence-electron chi connectivity index (χ4n) is 3.42. The van der Waals surface area contributed by atoms with Crippen molar-refractivity contribution in [2.24, 2.45) is 0 Å². The molecule has 4 rings (SSSR count). The third-order valence-corrected chi connectivity index (χ3v) is 6.19.